The van der Waals surface area contributed by atoms with E-state index in [1.807, 2.05) is 0 Å². The molecular formula is C17H22BrNO. The highest BCUT2D eigenvalue weighted by Gasteiger charge is 2.34. The molecule has 1 atom stereocenters. The van der Waals surface area contributed by atoms with Gasteiger partial charge in [-0.15, -0.1) is 0 Å². The molecule has 1 aliphatic rings. The van der Waals surface area contributed by atoms with Gasteiger partial charge in [-0.3, -0.25) is 0 Å². The van der Waals surface area contributed by atoms with Crippen molar-refractivity contribution in [2.45, 2.75) is 46.1 Å². The molecule has 1 aliphatic carbocycles. The summed E-state index contributed by atoms with van der Waals surface area (Å²) in [5.41, 5.74) is 3.53. The minimum Gasteiger partial charge on any atom is -0.459 e. The molecule has 108 valence electrons. The molecule has 2 nitrogen and oxygen atoms in total. The zero-order chi connectivity index (χ0) is 14.3. The van der Waals surface area contributed by atoms with Crippen molar-refractivity contribution in [3.8, 4) is 0 Å². The summed E-state index contributed by atoms with van der Waals surface area (Å²) < 4.78 is 7.36. The van der Waals surface area contributed by atoms with Crippen LogP contribution in [0.5, 0.6) is 0 Å². The lowest BCUT2D eigenvalue weighted by Crippen LogP contribution is -2.23. The van der Waals surface area contributed by atoms with Crippen molar-refractivity contribution in [1.82, 2.24) is 5.32 Å². The standard InChI is InChI=1S/C17H22BrNO/c1-4-7-19-17(12-5-6-12)15-9-13-11(3)16(18)10(2)8-14(13)20-15/h8-9,12,17,19H,4-7H2,1-3H3. The van der Waals surface area contributed by atoms with Gasteiger partial charge in [0.15, 0.2) is 0 Å². The van der Waals surface area contributed by atoms with Crippen LogP contribution in [0.1, 0.15) is 49.1 Å². The molecular weight excluding hydrogens is 314 g/mol. The minimum absolute atomic E-state index is 0.390. The average Bonchev–Trinajstić information content (AvgIpc) is 3.17. The van der Waals surface area contributed by atoms with Gasteiger partial charge in [0.1, 0.15) is 11.3 Å². The van der Waals surface area contributed by atoms with E-state index >= 15 is 0 Å². The fourth-order valence-electron chi connectivity index (χ4n) is 2.88. The average molecular weight is 336 g/mol. The van der Waals surface area contributed by atoms with Gasteiger partial charge in [0.25, 0.3) is 0 Å². The van der Waals surface area contributed by atoms with Crippen LogP contribution in [0.3, 0.4) is 0 Å². The third-order valence-electron chi connectivity index (χ3n) is 4.22. The summed E-state index contributed by atoms with van der Waals surface area (Å²) in [6.45, 7) is 7.54. The van der Waals surface area contributed by atoms with Crippen LogP contribution < -0.4 is 5.32 Å². The van der Waals surface area contributed by atoms with Gasteiger partial charge in [0.05, 0.1) is 6.04 Å². The van der Waals surface area contributed by atoms with E-state index in [1.165, 1.54) is 33.8 Å². The second-order valence-corrected chi connectivity index (χ2v) is 6.76. The zero-order valence-corrected chi connectivity index (χ0v) is 14.0. The topological polar surface area (TPSA) is 25.2 Å². The van der Waals surface area contributed by atoms with Crippen LogP contribution in [-0.2, 0) is 0 Å². The maximum atomic E-state index is 6.16. The first-order valence-electron chi connectivity index (χ1n) is 7.54. The smallest absolute Gasteiger partial charge is 0.134 e. The molecule has 0 aliphatic heterocycles. The summed E-state index contributed by atoms with van der Waals surface area (Å²) in [5.74, 6) is 1.86. The Morgan fingerprint density at radius 3 is 2.75 bits per heavy atom. The molecule has 1 heterocycles. The highest BCUT2D eigenvalue weighted by Crippen LogP contribution is 2.43. The van der Waals surface area contributed by atoms with Crippen molar-refractivity contribution in [2.75, 3.05) is 6.54 Å². The van der Waals surface area contributed by atoms with Gasteiger partial charge in [-0.05, 0) is 68.8 Å². The first-order valence-corrected chi connectivity index (χ1v) is 8.33. The Labute approximate surface area is 129 Å². The van der Waals surface area contributed by atoms with E-state index in [0.717, 1.165) is 30.2 Å². The second-order valence-electron chi connectivity index (χ2n) is 5.96. The molecule has 3 rings (SSSR count). The van der Waals surface area contributed by atoms with E-state index in [0.29, 0.717) is 6.04 Å². The quantitative estimate of drug-likeness (QED) is 0.805. The Bertz CT molecular complexity index is 627. The Morgan fingerprint density at radius 1 is 1.35 bits per heavy atom. The fourth-order valence-corrected chi connectivity index (χ4v) is 3.21. The predicted molar refractivity (Wildman–Crippen MR) is 87.1 cm³/mol. The van der Waals surface area contributed by atoms with Crippen molar-refractivity contribution in [3.63, 3.8) is 0 Å². The fraction of sp³-hybridized carbons (Fsp3) is 0.529. The summed E-state index contributed by atoms with van der Waals surface area (Å²) in [6, 6.07) is 4.76. The van der Waals surface area contributed by atoms with E-state index in [-0.39, 0.29) is 0 Å². The summed E-state index contributed by atoms with van der Waals surface area (Å²) >= 11 is 3.67. The molecule has 20 heavy (non-hydrogen) atoms. The maximum absolute atomic E-state index is 6.16. The van der Waals surface area contributed by atoms with Crippen LogP contribution in [0.25, 0.3) is 11.0 Å². The maximum Gasteiger partial charge on any atom is 0.134 e. The molecule has 1 unspecified atom stereocenters. The van der Waals surface area contributed by atoms with Crippen LogP contribution in [0.4, 0.5) is 0 Å². The predicted octanol–water partition coefficient (Wildman–Crippen LogP) is 5.26. The summed E-state index contributed by atoms with van der Waals surface area (Å²) in [7, 11) is 0. The van der Waals surface area contributed by atoms with E-state index in [4.69, 9.17) is 4.42 Å². The van der Waals surface area contributed by atoms with Crippen molar-refractivity contribution < 1.29 is 4.42 Å². The number of rotatable bonds is 5. The molecule has 1 fully saturated rings. The number of aryl methyl sites for hydroxylation is 2. The molecule has 0 amide bonds. The molecule has 1 aromatic heterocycles. The Morgan fingerprint density at radius 2 is 2.10 bits per heavy atom. The molecule has 1 aromatic carbocycles. The van der Waals surface area contributed by atoms with Gasteiger partial charge < -0.3 is 9.73 Å². The molecule has 0 radical (unpaired) electrons. The SMILES string of the molecule is CCCNC(c1cc2c(C)c(Br)c(C)cc2o1)C1CC1. The van der Waals surface area contributed by atoms with Crippen LogP contribution in [-0.4, -0.2) is 6.54 Å². The lowest BCUT2D eigenvalue weighted by molar-refractivity contribution is 0.396. The van der Waals surface area contributed by atoms with Crippen LogP contribution in [0, 0.1) is 19.8 Å². The molecule has 0 bridgehead atoms. The van der Waals surface area contributed by atoms with Crippen molar-refractivity contribution in [1.29, 1.82) is 0 Å². The zero-order valence-electron chi connectivity index (χ0n) is 12.4. The first-order chi connectivity index (χ1) is 9.61. The molecule has 0 spiro atoms. The molecule has 1 N–H and O–H groups in total. The van der Waals surface area contributed by atoms with Crippen LogP contribution in [0.15, 0.2) is 21.0 Å². The van der Waals surface area contributed by atoms with Gasteiger partial charge >= 0.3 is 0 Å². The van der Waals surface area contributed by atoms with Crippen LogP contribution in [0.2, 0.25) is 0 Å². The molecule has 3 heteroatoms. The van der Waals surface area contributed by atoms with Gasteiger partial charge in [0.2, 0.25) is 0 Å². The highest BCUT2D eigenvalue weighted by atomic mass is 79.9. The highest BCUT2D eigenvalue weighted by molar-refractivity contribution is 9.10. The summed E-state index contributed by atoms with van der Waals surface area (Å²) in [5, 5.41) is 4.89. The van der Waals surface area contributed by atoms with E-state index in [1.54, 1.807) is 0 Å². The monoisotopic (exact) mass is 335 g/mol. The molecule has 0 saturated heterocycles. The number of hydrogen-bond acceptors (Lipinski definition) is 2. The number of fused-ring (bicyclic) bond motifs is 1. The Balaban J connectivity index is 2.00. The van der Waals surface area contributed by atoms with Gasteiger partial charge in [-0.2, -0.15) is 0 Å². The normalized spacial score (nSPS) is 16.8. The number of nitrogens with one attached hydrogen (secondary N) is 1. The van der Waals surface area contributed by atoms with Gasteiger partial charge in [-0.1, -0.05) is 22.9 Å². The Kier molecular flexibility index (Phi) is 3.91. The number of furan rings is 1. The van der Waals surface area contributed by atoms with E-state index in [9.17, 15) is 0 Å². The van der Waals surface area contributed by atoms with E-state index in [2.05, 4.69) is 54.2 Å². The van der Waals surface area contributed by atoms with E-state index < -0.39 is 0 Å². The number of halogens is 1. The number of benzene rings is 1. The summed E-state index contributed by atoms with van der Waals surface area (Å²) in [4.78, 5) is 0. The lowest BCUT2D eigenvalue weighted by atomic mass is 10.1. The molecule has 2 aromatic rings. The largest absolute Gasteiger partial charge is 0.459 e. The van der Waals surface area contributed by atoms with Crippen molar-refractivity contribution >= 4 is 26.9 Å². The lowest BCUT2D eigenvalue weighted by Gasteiger charge is -2.14. The third kappa shape index (κ3) is 2.53. The number of hydrogen-bond donors (Lipinski definition) is 1. The Hall–Kier alpha value is -0.800. The third-order valence-corrected chi connectivity index (χ3v) is 5.44. The first kappa shape index (κ1) is 14.2. The molecule has 1 saturated carbocycles. The minimum atomic E-state index is 0.390. The van der Waals surface area contributed by atoms with Gasteiger partial charge in [-0.25, -0.2) is 0 Å². The van der Waals surface area contributed by atoms with Crippen LogP contribution >= 0.6 is 15.9 Å². The second kappa shape index (κ2) is 5.53. The van der Waals surface area contributed by atoms with Gasteiger partial charge in [0, 0.05) is 9.86 Å². The summed E-state index contributed by atoms with van der Waals surface area (Å²) in [6.07, 6.45) is 3.80. The van der Waals surface area contributed by atoms with Crippen molar-refractivity contribution in [3.05, 3.63) is 33.5 Å². The van der Waals surface area contributed by atoms with Crippen molar-refractivity contribution in [2.24, 2.45) is 5.92 Å².